The van der Waals surface area contributed by atoms with E-state index in [1.165, 1.54) is 38.5 Å². The molecule has 70 valence electrons. The van der Waals surface area contributed by atoms with E-state index in [-0.39, 0.29) is 0 Å². The first kappa shape index (κ1) is 7.81. The van der Waals surface area contributed by atoms with Gasteiger partial charge in [0.1, 0.15) is 0 Å². The maximum absolute atomic E-state index is 3.76. The van der Waals surface area contributed by atoms with Crippen LogP contribution < -0.4 is 5.32 Å². The third kappa shape index (κ3) is 1.18. The van der Waals surface area contributed by atoms with E-state index in [1.807, 2.05) is 0 Å². The summed E-state index contributed by atoms with van der Waals surface area (Å²) in [5.74, 6) is 0. The summed E-state index contributed by atoms with van der Waals surface area (Å²) in [5.41, 5.74) is 3.30. The van der Waals surface area contributed by atoms with Gasteiger partial charge in [0.15, 0.2) is 0 Å². The van der Waals surface area contributed by atoms with Crippen LogP contribution in [0.3, 0.4) is 0 Å². The quantitative estimate of drug-likeness (QED) is 0.596. The van der Waals surface area contributed by atoms with Crippen molar-refractivity contribution < 1.29 is 0 Å². The number of fused-ring (bicyclic) bond motifs is 3. The Bertz CT molecular complexity index is 247. The molecule has 1 nitrogen and oxygen atoms in total. The van der Waals surface area contributed by atoms with Gasteiger partial charge in [-0.25, -0.2) is 0 Å². The van der Waals surface area contributed by atoms with Gasteiger partial charge in [-0.05, 0) is 49.7 Å². The van der Waals surface area contributed by atoms with Crippen LogP contribution in [0.25, 0.3) is 0 Å². The lowest BCUT2D eigenvalue weighted by atomic mass is 9.87. The van der Waals surface area contributed by atoms with Gasteiger partial charge in [-0.1, -0.05) is 12.2 Å². The first-order valence-corrected chi connectivity index (χ1v) is 5.62. The van der Waals surface area contributed by atoms with Crippen molar-refractivity contribution in [3.8, 4) is 0 Å². The van der Waals surface area contributed by atoms with Crippen molar-refractivity contribution in [1.29, 1.82) is 0 Å². The molecule has 0 aromatic carbocycles. The zero-order valence-electron chi connectivity index (χ0n) is 8.05. The fourth-order valence-electron chi connectivity index (χ4n) is 2.98. The van der Waals surface area contributed by atoms with Gasteiger partial charge in [0, 0.05) is 12.1 Å². The van der Waals surface area contributed by atoms with Crippen LogP contribution in [0.1, 0.15) is 38.5 Å². The van der Waals surface area contributed by atoms with Gasteiger partial charge >= 0.3 is 0 Å². The molecule has 0 aromatic rings. The van der Waals surface area contributed by atoms with Gasteiger partial charge < -0.3 is 5.32 Å². The Kier molecular flexibility index (Phi) is 1.79. The van der Waals surface area contributed by atoms with Gasteiger partial charge in [0.2, 0.25) is 0 Å². The molecular formula is C12H17N. The van der Waals surface area contributed by atoms with E-state index >= 15 is 0 Å². The summed E-state index contributed by atoms with van der Waals surface area (Å²) in [6, 6.07) is 1.42. The van der Waals surface area contributed by atoms with Gasteiger partial charge in [-0.2, -0.15) is 0 Å². The summed E-state index contributed by atoms with van der Waals surface area (Å²) < 4.78 is 0. The number of hydrogen-bond acceptors (Lipinski definition) is 1. The van der Waals surface area contributed by atoms with Crippen LogP contribution in [0.4, 0.5) is 0 Å². The number of rotatable bonds is 0. The molecule has 1 N–H and O–H groups in total. The van der Waals surface area contributed by atoms with E-state index < -0.39 is 0 Å². The smallest absolute Gasteiger partial charge is 0.0325 e. The van der Waals surface area contributed by atoms with Crippen LogP contribution >= 0.6 is 0 Å². The molecule has 0 amide bonds. The van der Waals surface area contributed by atoms with Gasteiger partial charge in [0.25, 0.3) is 0 Å². The standard InChI is InChI=1S/C12H17N/c1-3-7-11-9(5-1)10-6-2-4-8-12(10)13-11/h5-6,11-13H,1-4,7-8H2. The average Bonchev–Trinajstić information content (AvgIpc) is 2.56. The highest BCUT2D eigenvalue weighted by Crippen LogP contribution is 2.37. The second-order valence-electron chi connectivity index (χ2n) is 4.45. The molecular weight excluding hydrogens is 158 g/mol. The SMILES string of the molecule is C1=C2C3=CCCCC3NC2CCC1. The summed E-state index contributed by atoms with van der Waals surface area (Å²) in [6.45, 7) is 0. The second-order valence-corrected chi connectivity index (χ2v) is 4.45. The lowest BCUT2D eigenvalue weighted by Gasteiger charge is -2.16. The lowest BCUT2D eigenvalue weighted by Crippen LogP contribution is -2.31. The normalized spacial score (nSPS) is 37.5. The van der Waals surface area contributed by atoms with Crippen LogP contribution in [0, 0.1) is 0 Å². The maximum atomic E-state index is 3.76. The Hall–Kier alpha value is -0.560. The van der Waals surface area contributed by atoms with Crippen molar-refractivity contribution >= 4 is 0 Å². The minimum Gasteiger partial charge on any atom is -0.303 e. The molecule has 3 aliphatic rings. The molecule has 2 aliphatic carbocycles. The summed E-state index contributed by atoms with van der Waals surface area (Å²) in [7, 11) is 0. The van der Waals surface area contributed by atoms with Crippen LogP contribution in [-0.4, -0.2) is 12.1 Å². The molecule has 0 spiro atoms. The van der Waals surface area contributed by atoms with Crippen molar-refractivity contribution in [2.24, 2.45) is 0 Å². The van der Waals surface area contributed by atoms with E-state index in [0.717, 1.165) is 0 Å². The van der Waals surface area contributed by atoms with Crippen molar-refractivity contribution in [3.63, 3.8) is 0 Å². The Balaban J connectivity index is 1.97. The molecule has 0 bridgehead atoms. The Morgan fingerprint density at radius 1 is 0.923 bits per heavy atom. The molecule has 1 fully saturated rings. The molecule has 13 heavy (non-hydrogen) atoms. The van der Waals surface area contributed by atoms with E-state index in [2.05, 4.69) is 17.5 Å². The molecule has 2 unspecified atom stereocenters. The Labute approximate surface area is 79.9 Å². The summed E-state index contributed by atoms with van der Waals surface area (Å²) >= 11 is 0. The Morgan fingerprint density at radius 2 is 1.46 bits per heavy atom. The van der Waals surface area contributed by atoms with Crippen LogP contribution in [0.5, 0.6) is 0 Å². The molecule has 2 atom stereocenters. The van der Waals surface area contributed by atoms with Gasteiger partial charge in [0.05, 0.1) is 0 Å². The first-order chi connectivity index (χ1) is 6.45. The number of hydrogen-bond donors (Lipinski definition) is 1. The van der Waals surface area contributed by atoms with Crippen molar-refractivity contribution in [2.45, 2.75) is 50.6 Å². The second kappa shape index (κ2) is 2.98. The molecule has 1 saturated heterocycles. The van der Waals surface area contributed by atoms with Crippen molar-refractivity contribution in [2.75, 3.05) is 0 Å². The molecule has 0 radical (unpaired) electrons. The zero-order chi connectivity index (χ0) is 8.67. The summed E-state index contributed by atoms with van der Waals surface area (Å²) in [5, 5.41) is 3.76. The summed E-state index contributed by atoms with van der Waals surface area (Å²) in [6.07, 6.45) is 13.0. The summed E-state index contributed by atoms with van der Waals surface area (Å²) in [4.78, 5) is 0. The highest BCUT2D eigenvalue weighted by atomic mass is 15.0. The molecule has 1 heterocycles. The lowest BCUT2D eigenvalue weighted by molar-refractivity contribution is 0.486. The third-order valence-corrected chi connectivity index (χ3v) is 3.61. The van der Waals surface area contributed by atoms with Crippen molar-refractivity contribution in [1.82, 2.24) is 5.32 Å². The monoisotopic (exact) mass is 175 g/mol. The molecule has 0 saturated carbocycles. The van der Waals surface area contributed by atoms with Crippen molar-refractivity contribution in [3.05, 3.63) is 23.3 Å². The van der Waals surface area contributed by atoms with Crippen LogP contribution in [0.2, 0.25) is 0 Å². The minimum atomic E-state index is 0.711. The zero-order valence-corrected chi connectivity index (χ0v) is 8.05. The Morgan fingerprint density at radius 3 is 2.00 bits per heavy atom. The van der Waals surface area contributed by atoms with Gasteiger partial charge in [-0.3, -0.25) is 0 Å². The third-order valence-electron chi connectivity index (χ3n) is 3.61. The number of allylic oxidation sites excluding steroid dienone is 2. The molecule has 1 heteroatoms. The topological polar surface area (TPSA) is 12.0 Å². The van der Waals surface area contributed by atoms with E-state index in [1.54, 1.807) is 11.1 Å². The van der Waals surface area contributed by atoms with Crippen LogP contribution in [0.15, 0.2) is 23.3 Å². The van der Waals surface area contributed by atoms with Crippen LogP contribution in [-0.2, 0) is 0 Å². The molecule has 1 aliphatic heterocycles. The predicted molar refractivity (Wildman–Crippen MR) is 54.6 cm³/mol. The predicted octanol–water partition coefficient (Wildman–Crippen LogP) is 2.55. The fraction of sp³-hybridized carbons (Fsp3) is 0.667. The highest BCUT2D eigenvalue weighted by molar-refractivity contribution is 5.45. The average molecular weight is 175 g/mol. The van der Waals surface area contributed by atoms with Gasteiger partial charge in [-0.15, -0.1) is 0 Å². The van der Waals surface area contributed by atoms with E-state index in [0.29, 0.717) is 12.1 Å². The fourth-order valence-corrected chi connectivity index (χ4v) is 2.98. The molecule has 0 aromatic heterocycles. The maximum Gasteiger partial charge on any atom is 0.0325 e. The highest BCUT2D eigenvalue weighted by Gasteiger charge is 2.34. The molecule has 3 rings (SSSR count). The minimum absolute atomic E-state index is 0.711. The number of nitrogens with one attached hydrogen (secondary N) is 1. The largest absolute Gasteiger partial charge is 0.303 e. The van der Waals surface area contributed by atoms with E-state index in [9.17, 15) is 0 Å². The first-order valence-electron chi connectivity index (χ1n) is 5.62. The van der Waals surface area contributed by atoms with E-state index in [4.69, 9.17) is 0 Å².